The van der Waals surface area contributed by atoms with Crippen molar-refractivity contribution in [3.63, 3.8) is 0 Å². The maximum Gasteiger partial charge on any atom is 0.226 e. The molecule has 0 fully saturated rings. The van der Waals surface area contributed by atoms with Crippen LogP contribution in [0.1, 0.15) is 17.5 Å². The van der Waals surface area contributed by atoms with Crippen LogP contribution in [0.5, 0.6) is 5.75 Å². The third kappa shape index (κ3) is 1.11. The van der Waals surface area contributed by atoms with Crippen molar-refractivity contribution in [2.24, 2.45) is 0 Å². The average Bonchev–Trinajstić information content (AvgIpc) is 2.50. The summed E-state index contributed by atoms with van der Waals surface area (Å²) in [7, 11) is 3.51. The SMILES string of the molecule is [CH2-][OH+]c1ccc2c(c1)CCC2. The molecule has 0 radical (unpaired) electrons. The first-order valence-corrected chi connectivity index (χ1v) is 3.98. The van der Waals surface area contributed by atoms with Crippen LogP contribution in [0.15, 0.2) is 18.2 Å². The molecule has 1 heteroatoms. The van der Waals surface area contributed by atoms with E-state index in [1.807, 2.05) is 6.07 Å². The van der Waals surface area contributed by atoms with Crippen LogP contribution in [0.3, 0.4) is 0 Å². The third-order valence-corrected chi connectivity index (χ3v) is 2.26. The monoisotopic (exact) mass is 148 g/mol. The van der Waals surface area contributed by atoms with E-state index in [-0.39, 0.29) is 0 Å². The number of hydrogen-bond acceptors (Lipinski definition) is 0. The van der Waals surface area contributed by atoms with E-state index in [9.17, 15) is 0 Å². The van der Waals surface area contributed by atoms with E-state index < -0.39 is 0 Å². The number of aromatic hydroxyl groups is 1. The number of aliphatic hydroxyl groups is 1. The largest absolute Gasteiger partial charge is 0.722 e. The van der Waals surface area contributed by atoms with Gasteiger partial charge < -0.3 is 4.74 Å². The maximum atomic E-state index is 3.90. The Morgan fingerprint density at radius 3 is 2.82 bits per heavy atom. The molecule has 0 aromatic heterocycles. The Bertz CT molecular complexity index is 266. The first-order valence-electron chi connectivity index (χ1n) is 3.98. The quantitative estimate of drug-likeness (QED) is 0.428. The van der Waals surface area contributed by atoms with Crippen molar-refractivity contribution in [3.05, 3.63) is 36.4 Å². The minimum atomic E-state index is 1.01. The molecule has 0 atom stereocenters. The van der Waals surface area contributed by atoms with Crippen molar-refractivity contribution in [3.8, 4) is 5.75 Å². The second-order valence-electron chi connectivity index (χ2n) is 2.96. The molecule has 0 heterocycles. The smallest absolute Gasteiger partial charge is 0.226 e. The summed E-state index contributed by atoms with van der Waals surface area (Å²) < 4.78 is 3.90. The van der Waals surface area contributed by atoms with Crippen LogP contribution in [-0.4, -0.2) is 4.74 Å². The number of fused-ring (bicyclic) bond motifs is 1. The van der Waals surface area contributed by atoms with E-state index in [1.165, 1.54) is 30.4 Å². The number of rotatable bonds is 1. The first-order chi connectivity index (χ1) is 5.40. The fourth-order valence-corrected chi connectivity index (χ4v) is 1.66. The van der Waals surface area contributed by atoms with Crippen LogP contribution in [-0.2, 0) is 12.8 Å². The van der Waals surface area contributed by atoms with Gasteiger partial charge in [-0.15, -0.1) is 0 Å². The maximum absolute atomic E-state index is 3.90. The molecule has 2 rings (SSSR count). The predicted molar refractivity (Wildman–Crippen MR) is 45.5 cm³/mol. The molecule has 0 aliphatic heterocycles. The molecule has 1 nitrogen and oxygen atoms in total. The molecular formula is C10H12O. The molecule has 0 unspecified atom stereocenters. The van der Waals surface area contributed by atoms with Crippen LogP contribution < -0.4 is 0 Å². The standard InChI is InChI=1S/C10H12O/c1-11-10-6-5-8-3-2-4-9(8)7-10/h5-7,11H,1-4H2. The van der Waals surface area contributed by atoms with Crippen molar-refractivity contribution in [2.45, 2.75) is 19.3 Å². The summed E-state index contributed by atoms with van der Waals surface area (Å²) in [6, 6.07) is 6.36. The molecular weight excluding hydrogens is 136 g/mol. The van der Waals surface area contributed by atoms with E-state index in [4.69, 9.17) is 0 Å². The van der Waals surface area contributed by atoms with Crippen LogP contribution in [0.2, 0.25) is 0 Å². The van der Waals surface area contributed by atoms with Gasteiger partial charge in [0.25, 0.3) is 0 Å². The second kappa shape index (κ2) is 2.57. The van der Waals surface area contributed by atoms with Gasteiger partial charge in [0, 0.05) is 12.1 Å². The van der Waals surface area contributed by atoms with Crippen molar-refractivity contribution >= 4 is 0 Å². The topological polar surface area (TPSA) is 12.8 Å². The highest BCUT2D eigenvalue weighted by Crippen LogP contribution is 2.25. The average molecular weight is 148 g/mol. The lowest BCUT2D eigenvalue weighted by Crippen LogP contribution is -1.82. The number of aryl methyl sites for hydroxylation is 2. The van der Waals surface area contributed by atoms with Crippen molar-refractivity contribution in [1.29, 1.82) is 0 Å². The summed E-state index contributed by atoms with van der Waals surface area (Å²) in [5.74, 6) is 1.01. The fourth-order valence-electron chi connectivity index (χ4n) is 1.66. The number of benzene rings is 1. The minimum absolute atomic E-state index is 1.01. The Morgan fingerprint density at radius 2 is 2.00 bits per heavy atom. The van der Waals surface area contributed by atoms with Gasteiger partial charge in [-0.25, -0.2) is 0 Å². The van der Waals surface area contributed by atoms with Gasteiger partial charge in [-0.05, 0) is 43.6 Å². The van der Waals surface area contributed by atoms with E-state index in [2.05, 4.69) is 24.0 Å². The van der Waals surface area contributed by atoms with Crippen LogP contribution >= 0.6 is 0 Å². The molecule has 0 bridgehead atoms. The molecule has 0 spiro atoms. The van der Waals surface area contributed by atoms with E-state index in [0.29, 0.717) is 0 Å². The van der Waals surface area contributed by atoms with Crippen molar-refractivity contribution in [2.75, 3.05) is 0 Å². The first kappa shape index (κ1) is 6.71. The highest BCUT2D eigenvalue weighted by Gasteiger charge is 2.11. The van der Waals surface area contributed by atoms with E-state index in [1.54, 1.807) is 0 Å². The number of hydrogen-bond donors (Lipinski definition) is 0. The fraction of sp³-hybridized carbons (Fsp3) is 0.300. The Balaban J connectivity index is 2.41. The highest BCUT2D eigenvalue weighted by atomic mass is 16.5. The van der Waals surface area contributed by atoms with Crippen LogP contribution in [0.25, 0.3) is 0 Å². The van der Waals surface area contributed by atoms with Crippen LogP contribution in [0, 0.1) is 7.11 Å². The third-order valence-electron chi connectivity index (χ3n) is 2.26. The van der Waals surface area contributed by atoms with E-state index >= 15 is 0 Å². The zero-order valence-electron chi connectivity index (χ0n) is 6.51. The van der Waals surface area contributed by atoms with Gasteiger partial charge >= 0.3 is 0 Å². The molecule has 0 saturated heterocycles. The molecule has 0 amide bonds. The highest BCUT2D eigenvalue weighted by molar-refractivity contribution is 5.37. The Morgan fingerprint density at radius 1 is 1.18 bits per heavy atom. The predicted octanol–water partition coefficient (Wildman–Crippen LogP) is 2.21. The molecule has 1 aromatic carbocycles. The van der Waals surface area contributed by atoms with Gasteiger partial charge in [-0.2, -0.15) is 0 Å². The molecule has 1 aliphatic rings. The van der Waals surface area contributed by atoms with Crippen LogP contribution in [0.4, 0.5) is 0 Å². The lowest BCUT2D eigenvalue weighted by atomic mass is 10.1. The van der Waals surface area contributed by atoms with Gasteiger partial charge in [-0.1, -0.05) is 0 Å². The Hall–Kier alpha value is -0.980. The molecule has 0 saturated carbocycles. The van der Waals surface area contributed by atoms with Gasteiger partial charge in [0.1, 0.15) is 0 Å². The second-order valence-corrected chi connectivity index (χ2v) is 2.96. The zero-order chi connectivity index (χ0) is 7.68. The Kier molecular flexibility index (Phi) is 1.57. The number of ether oxygens (including phenoxy) is 1. The Labute approximate surface area is 67.0 Å². The molecule has 58 valence electrons. The molecule has 1 aliphatic carbocycles. The van der Waals surface area contributed by atoms with Gasteiger partial charge in [0.15, 0.2) is 0 Å². The summed E-state index contributed by atoms with van der Waals surface area (Å²) in [5, 5.41) is 0. The van der Waals surface area contributed by atoms with Crippen molar-refractivity contribution < 1.29 is 4.74 Å². The summed E-state index contributed by atoms with van der Waals surface area (Å²) in [5.41, 5.74) is 2.97. The summed E-state index contributed by atoms with van der Waals surface area (Å²) in [6.45, 7) is 0. The molecule has 11 heavy (non-hydrogen) atoms. The summed E-state index contributed by atoms with van der Waals surface area (Å²) >= 11 is 0. The minimum Gasteiger partial charge on any atom is -0.722 e. The van der Waals surface area contributed by atoms with Gasteiger partial charge in [0.05, 0.1) is 0 Å². The van der Waals surface area contributed by atoms with Gasteiger partial charge in [-0.3, -0.25) is 0 Å². The zero-order valence-corrected chi connectivity index (χ0v) is 6.51. The summed E-state index contributed by atoms with van der Waals surface area (Å²) in [4.78, 5) is 0. The van der Waals surface area contributed by atoms with Crippen molar-refractivity contribution in [1.82, 2.24) is 0 Å². The molecule has 1 aromatic rings. The normalized spacial score (nSPS) is 14.6. The lowest BCUT2D eigenvalue weighted by Gasteiger charge is -2.04. The van der Waals surface area contributed by atoms with E-state index in [0.717, 1.165) is 5.75 Å². The summed E-state index contributed by atoms with van der Waals surface area (Å²) in [6.07, 6.45) is 3.77. The van der Waals surface area contributed by atoms with Gasteiger partial charge in [0.2, 0.25) is 5.75 Å². The molecule has 1 N–H and O–H groups in total. The lowest BCUT2D eigenvalue weighted by molar-refractivity contribution is 0.185.